The highest BCUT2D eigenvalue weighted by Gasteiger charge is 2.69. The standard InChI is InChI=1S/C39H61NO8S/c1-8-10-15-26(35(44)30(42)16-11-9-2)21-31(43)34-33-29(38(33,6)7)24-40(34)36(45)28(37(3,4)5)22-27(41)23-39(17-13-12-14-18-39)32-25-48-19-20-49(32,46)47/h9,26,28-29,32-34H,2,8,10-25H2,1,3-7H3/t26-,28-,29?,32?,33?,34-/m1/s1. The molecule has 2 aliphatic carbocycles. The van der Waals surface area contributed by atoms with Crippen LogP contribution < -0.4 is 0 Å². The first-order valence-electron chi connectivity index (χ1n) is 18.7. The minimum absolute atomic E-state index is 0.0245. The van der Waals surface area contributed by atoms with E-state index >= 15 is 0 Å². The number of nitrogens with zero attached hydrogens (tertiary/aromatic N) is 1. The van der Waals surface area contributed by atoms with E-state index in [0.717, 1.165) is 25.7 Å². The summed E-state index contributed by atoms with van der Waals surface area (Å²) >= 11 is 0. The number of ether oxygens (including phenoxy) is 1. The van der Waals surface area contributed by atoms with Gasteiger partial charge in [-0.2, -0.15) is 0 Å². The van der Waals surface area contributed by atoms with Crippen molar-refractivity contribution in [3.05, 3.63) is 12.7 Å². The Balaban J connectivity index is 1.56. The second kappa shape index (κ2) is 15.6. The maximum Gasteiger partial charge on any atom is 0.227 e. The molecule has 2 heterocycles. The average Bonchev–Trinajstić information content (AvgIpc) is 3.33. The fourth-order valence-electron chi connectivity index (χ4n) is 9.30. The van der Waals surface area contributed by atoms with Gasteiger partial charge >= 0.3 is 0 Å². The fraction of sp³-hybridized carbons (Fsp3) is 0.821. The van der Waals surface area contributed by atoms with Crippen LogP contribution in [0, 0.1) is 39.9 Å². The van der Waals surface area contributed by atoms with Crippen LogP contribution in [0.1, 0.15) is 125 Å². The highest BCUT2D eigenvalue weighted by molar-refractivity contribution is 7.92. The molecule has 0 N–H and O–H groups in total. The third kappa shape index (κ3) is 8.65. The number of likely N-dealkylation sites (tertiary alicyclic amines) is 1. The van der Waals surface area contributed by atoms with E-state index in [1.54, 1.807) is 11.0 Å². The van der Waals surface area contributed by atoms with E-state index in [9.17, 15) is 32.4 Å². The maximum atomic E-state index is 14.6. The van der Waals surface area contributed by atoms with Crippen molar-refractivity contribution < 1.29 is 37.1 Å². The Kier molecular flexibility index (Phi) is 12.6. The summed E-state index contributed by atoms with van der Waals surface area (Å²) in [6.45, 7) is 16.4. The van der Waals surface area contributed by atoms with Crippen LogP contribution >= 0.6 is 0 Å². The number of rotatable bonds is 17. The lowest BCUT2D eigenvalue weighted by Gasteiger charge is -2.44. The summed E-state index contributed by atoms with van der Waals surface area (Å²) in [6.07, 6.45) is 8.09. The monoisotopic (exact) mass is 703 g/mol. The van der Waals surface area contributed by atoms with E-state index in [1.165, 1.54) is 0 Å². The Bertz CT molecular complexity index is 1390. The number of allylic oxidation sites excluding steroid dienone is 1. The van der Waals surface area contributed by atoms with Crippen molar-refractivity contribution in [1.82, 2.24) is 4.90 Å². The van der Waals surface area contributed by atoms with Gasteiger partial charge in [0, 0.05) is 44.1 Å². The van der Waals surface area contributed by atoms with Crippen molar-refractivity contribution in [3.8, 4) is 0 Å². The number of sulfone groups is 1. The van der Waals surface area contributed by atoms with Crippen molar-refractivity contribution in [3.63, 3.8) is 0 Å². The van der Waals surface area contributed by atoms with E-state index < -0.39 is 55.4 Å². The van der Waals surface area contributed by atoms with Crippen LogP contribution in [-0.2, 0) is 38.5 Å². The van der Waals surface area contributed by atoms with Crippen LogP contribution in [0.25, 0.3) is 0 Å². The van der Waals surface area contributed by atoms with Crippen LogP contribution in [0.3, 0.4) is 0 Å². The molecule has 4 rings (SSSR count). The predicted octanol–water partition coefficient (Wildman–Crippen LogP) is 6.12. The van der Waals surface area contributed by atoms with Gasteiger partial charge in [0.15, 0.2) is 21.4 Å². The molecule has 4 aliphatic rings. The Hall–Kier alpha value is -2.20. The van der Waals surface area contributed by atoms with Crippen molar-refractivity contribution >= 4 is 38.9 Å². The molecule has 10 heteroatoms. The number of piperidine rings is 1. The van der Waals surface area contributed by atoms with Crippen molar-refractivity contribution in [2.45, 2.75) is 136 Å². The molecule has 4 fully saturated rings. The SMILES string of the molecule is C=CCCC(=O)C(=O)[C@H](CCCC)CC(=O)[C@@H]1C2C(CN1C(=O)[C@@H](CC(=O)CC1(C3COCCS3(=O)=O)CCCCC1)C(C)(C)C)C2(C)C. The van der Waals surface area contributed by atoms with Gasteiger partial charge in [-0.25, -0.2) is 8.42 Å². The molecule has 0 bridgehead atoms. The van der Waals surface area contributed by atoms with Crippen molar-refractivity contribution in [2.24, 2.45) is 39.9 Å². The highest BCUT2D eigenvalue weighted by atomic mass is 32.2. The van der Waals surface area contributed by atoms with E-state index in [0.29, 0.717) is 38.6 Å². The van der Waals surface area contributed by atoms with E-state index in [4.69, 9.17) is 4.74 Å². The lowest BCUT2D eigenvalue weighted by atomic mass is 9.67. The number of carbonyl (C=O) groups is 5. The van der Waals surface area contributed by atoms with Gasteiger partial charge in [-0.3, -0.25) is 24.0 Å². The first-order chi connectivity index (χ1) is 22.9. The van der Waals surface area contributed by atoms with E-state index in [2.05, 4.69) is 20.4 Å². The minimum Gasteiger partial charge on any atom is -0.379 e. The molecule has 0 radical (unpaired) electrons. The fourth-order valence-corrected chi connectivity index (χ4v) is 11.3. The zero-order valence-electron chi connectivity index (χ0n) is 30.9. The number of ketones is 4. The van der Waals surface area contributed by atoms with Crippen LogP contribution in [0.15, 0.2) is 12.7 Å². The molecule has 9 nitrogen and oxygen atoms in total. The zero-order valence-corrected chi connectivity index (χ0v) is 31.7. The first kappa shape index (κ1) is 39.6. The van der Waals surface area contributed by atoms with E-state index in [-0.39, 0.29) is 79.4 Å². The van der Waals surface area contributed by atoms with Crippen molar-refractivity contribution in [2.75, 3.05) is 25.5 Å². The summed E-state index contributed by atoms with van der Waals surface area (Å²) in [5.74, 6) is -2.86. The van der Waals surface area contributed by atoms with Gasteiger partial charge < -0.3 is 9.64 Å². The Morgan fingerprint density at radius 2 is 1.71 bits per heavy atom. The molecule has 49 heavy (non-hydrogen) atoms. The molecule has 2 aliphatic heterocycles. The first-order valence-corrected chi connectivity index (χ1v) is 20.4. The topological polar surface area (TPSA) is 132 Å². The molecule has 0 aromatic carbocycles. The number of hydrogen-bond donors (Lipinski definition) is 0. The molecular formula is C39H61NO8S. The lowest BCUT2D eigenvalue weighted by molar-refractivity contribution is -0.148. The number of Topliss-reactive ketones (excluding diaryl/α,β-unsaturated/α-hetero) is 4. The maximum absolute atomic E-state index is 14.6. The molecule has 2 saturated heterocycles. The van der Waals surface area contributed by atoms with Crippen LogP contribution in [0.2, 0.25) is 0 Å². The van der Waals surface area contributed by atoms with Crippen LogP contribution in [0.4, 0.5) is 0 Å². The molecule has 6 atom stereocenters. The largest absolute Gasteiger partial charge is 0.379 e. The predicted molar refractivity (Wildman–Crippen MR) is 189 cm³/mol. The summed E-state index contributed by atoms with van der Waals surface area (Å²) in [7, 11) is -3.41. The molecule has 1 amide bonds. The number of unbranched alkanes of at least 4 members (excludes halogenated alkanes) is 1. The third-order valence-electron chi connectivity index (χ3n) is 12.5. The molecule has 276 valence electrons. The van der Waals surface area contributed by atoms with Crippen molar-refractivity contribution in [1.29, 1.82) is 0 Å². The van der Waals surface area contributed by atoms with Gasteiger partial charge in [-0.1, -0.05) is 79.7 Å². The van der Waals surface area contributed by atoms with Gasteiger partial charge in [0.2, 0.25) is 11.7 Å². The Morgan fingerprint density at radius 1 is 1.04 bits per heavy atom. The molecule has 0 spiro atoms. The van der Waals surface area contributed by atoms with Crippen LogP contribution in [-0.4, -0.2) is 79.2 Å². The second-order valence-electron chi connectivity index (χ2n) is 17.2. The average molecular weight is 704 g/mol. The third-order valence-corrected chi connectivity index (χ3v) is 14.7. The molecule has 0 aromatic rings. The molecule has 3 unspecified atom stereocenters. The summed E-state index contributed by atoms with van der Waals surface area (Å²) in [6, 6.07) is -0.707. The quantitative estimate of drug-likeness (QED) is 0.131. The minimum atomic E-state index is -3.41. The molecular weight excluding hydrogens is 642 g/mol. The summed E-state index contributed by atoms with van der Waals surface area (Å²) in [4.78, 5) is 70.5. The van der Waals surface area contributed by atoms with Gasteiger partial charge in [-0.15, -0.1) is 6.58 Å². The summed E-state index contributed by atoms with van der Waals surface area (Å²) in [5, 5.41) is -0.719. The van der Waals surface area contributed by atoms with Gasteiger partial charge in [0.25, 0.3) is 0 Å². The number of carbonyl (C=O) groups excluding carboxylic acids is 5. The Labute approximate surface area is 294 Å². The number of fused-ring (bicyclic) bond motifs is 1. The Morgan fingerprint density at radius 3 is 2.31 bits per heavy atom. The van der Waals surface area contributed by atoms with Crippen LogP contribution in [0.5, 0.6) is 0 Å². The molecule has 2 saturated carbocycles. The summed E-state index contributed by atoms with van der Waals surface area (Å²) in [5.41, 5.74) is -1.42. The molecule has 0 aromatic heterocycles. The number of hydrogen-bond acceptors (Lipinski definition) is 8. The number of amides is 1. The normalized spacial score (nSPS) is 28.2. The zero-order chi connectivity index (χ0) is 36.4. The van der Waals surface area contributed by atoms with E-state index in [1.807, 2.05) is 27.7 Å². The van der Waals surface area contributed by atoms with Gasteiger partial charge in [0.1, 0.15) is 5.78 Å². The highest BCUT2D eigenvalue weighted by Crippen LogP contribution is 2.65. The lowest BCUT2D eigenvalue weighted by Crippen LogP contribution is -2.52. The summed E-state index contributed by atoms with van der Waals surface area (Å²) < 4.78 is 32.2. The van der Waals surface area contributed by atoms with Gasteiger partial charge in [-0.05, 0) is 53.8 Å². The smallest absolute Gasteiger partial charge is 0.227 e. The van der Waals surface area contributed by atoms with Gasteiger partial charge in [0.05, 0.1) is 30.3 Å². The second-order valence-corrected chi connectivity index (χ2v) is 19.5.